The molecule has 1 unspecified atom stereocenters. The van der Waals surface area contributed by atoms with Crippen molar-refractivity contribution in [1.82, 2.24) is 0 Å². The van der Waals surface area contributed by atoms with Gasteiger partial charge in [-0.15, -0.1) is 0 Å². The average Bonchev–Trinajstić information content (AvgIpc) is 2.77. The van der Waals surface area contributed by atoms with Gasteiger partial charge in [-0.2, -0.15) is 0 Å². The molecule has 0 aliphatic carbocycles. The van der Waals surface area contributed by atoms with E-state index in [1.807, 2.05) is 13.0 Å². The molecule has 160 valence electrons. The Bertz CT molecular complexity index is 939. The second-order valence-corrected chi connectivity index (χ2v) is 6.50. The molecule has 1 atom stereocenters. The Morgan fingerprint density at radius 1 is 0.900 bits per heavy atom. The highest BCUT2D eigenvalue weighted by Crippen LogP contribution is 2.32. The standard InChI is InChI=1S/C22H25NO7/c1-13(16-9-7-15(27-2)12-19(16)28-3)10-20(24)23-18-11-14(21(25)29-4)6-8-17(18)22(26)30-5/h6-9,11-13H,10H2,1-5H3,(H,23,24). The van der Waals surface area contributed by atoms with Crippen LogP contribution in [0.15, 0.2) is 36.4 Å². The van der Waals surface area contributed by atoms with E-state index in [1.54, 1.807) is 26.4 Å². The first-order chi connectivity index (χ1) is 14.3. The molecule has 0 bridgehead atoms. The van der Waals surface area contributed by atoms with Crippen molar-refractivity contribution in [1.29, 1.82) is 0 Å². The molecule has 0 aliphatic heterocycles. The molecule has 2 aromatic rings. The lowest BCUT2D eigenvalue weighted by molar-refractivity contribution is -0.116. The fraction of sp³-hybridized carbons (Fsp3) is 0.318. The summed E-state index contributed by atoms with van der Waals surface area (Å²) in [6, 6.07) is 9.60. The van der Waals surface area contributed by atoms with Crippen LogP contribution >= 0.6 is 0 Å². The molecule has 0 saturated carbocycles. The summed E-state index contributed by atoms with van der Waals surface area (Å²) in [6.07, 6.45) is 0.117. The van der Waals surface area contributed by atoms with Crippen LogP contribution in [-0.2, 0) is 14.3 Å². The number of esters is 2. The molecular formula is C22H25NO7. The minimum absolute atomic E-state index is 0.117. The lowest BCUT2D eigenvalue weighted by Crippen LogP contribution is -2.18. The van der Waals surface area contributed by atoms with Crippen molar-refractivity contribution in [2.24, 2.45) is 0 Å². The number of benzene rings is 2. The van der Waals surface area contributed by atoms with Crippen LogP contribution in [0.4, 0.5) is 5.69 Å². The van der Waals surface area contributed by atoms with Gasteiger partial charge in [-0.25, -0.2) is 9.59 Å². The monoisotopic (exact) mass is 415 g/mol. The highest BCUT2D eigenvalue weighted by atomic mass is 16.5. The van der Waals surface area contributed by atoms with Gasteiger partial charge in [0.15, 0.2) is 0 Å². The third-order valence-electron chi connectivity index (χ3n) is 4.58. The molecule has 1 amide bonds. The van der Waals surface area contributed by atoms with Gasteiger partial charge in [-0.3, -0.25) is 4.79 Å². The van der Waals surface area contributed by atoms with E-state index in [9.17, 15) is 14.4 Å². The minimum atomic E-state index is -0.633. The van der Waals surface area contributed by atoms with Crippen LogP contribution in [0, 0.1) is 0 Å². The van der Waals surface area contributed by atoms with Crippen molar-refractivity contribution in [2.45, 2.75) is 19.3 Å². The van der Waals surface area contributed by atoms with E-state index in [0.717, 1.165) is 5.56 Å². The molecule has 0 aliphatic rings. The van der Waals surface area contributed by atoms with Gasteiger partial charge < -0.3 is 24.3 Å². The lowest BCUT2D eigenvalue weighted by Gasteiger charge is -2.17. The highest BCUT2D eigenvalue weighted by Gasteiger charge is 2.20. The van der Waals surface area contributed by atoms with Gasteiger partial charge in [0.25, 0.3) is 0 Å². The summed E-state index contributed by atoms with van der Waals surface area (Å²) in [7, 11) is 5.59. The van der Waals surface area contributed by atoms with E-state index in [1.165, 1.54) is 32.4 Å². The van der Waals surface area contributed by atoms with Gasteiger partial charge in [0, 0.05) is 12.5 Å². The third kappa shape index (κ3) is 5.28. The van der Waals surface area contributed by atoms with Crippen LogP contribution in [0.3, 0.4) is 0 Å². The molecule has 30 heavy (non-hydrogen) atoms. The first-order valence-electron chi connectivity index (χ1n) is 9.17. The largest absolute Gasteiger partial charge is 0.497 e. The van der Waals surface area contributed by atoms with E-state index < -0.39 is 11.9 Å². The number of carbonyl (C=O) groups is 3. The minimum Gasteiger partial charge on any atom is -0.497 e. The number of nitrogens with one attached hydrogen (secondary N) is 1. The zero-order valence-electron chi connectivity index (χ0n) is 17.6. The average molecular weight is 415 g/mol. The molecule has 8 nitrogen and oxygen atoms in total. The molecule has 2 aromatic carbocycles. The number of rotatable bonds is 8. The number of anilines is 1. The number of methoxy groups -OCH3 is 4. The van der Waals surface area contributed by atoms with Crippen molar-refractivity contribution in [2.75, 3.05) is 33.8 Å². The summed E-state index contributed by atoms with van der Waals surface area (Å²) in [6.45, 7) is 1.88. The van der Waals surface area contributed by atoms with Gasteiger partial charge in [0.1, 0.15) is 11.5 Å². The fourth-order valence-corrected chi connectivity index (χ4v) is 3.00. The topological polar surface area (TPSA) is 100 Å². The maximum Gasteiger partial charge on any atom is 0.339 e. The zero-order chi connectivity index (χ0) is 22.3. The molecule has 0 radical (unpaired) electrons. The molecule has 0 heterocycles. The van der Waals surface area contributed by atoms with Crippen LogP contribution in [0.1, 0.15) is 45.5 Å². The molecule has 0 spiro atoms. The lowest BCUT2D eigenvalue weighted by atomic mass is 9.96. The van der Waals surface area contributed by atoms with Crippen molar-refractivity contribution < 1.29 is 33.3 Å². The van der Waals surface area contributed by atoms with Gasteiger partial charge in [-0.05, 0) is 35.7 Å². The van der Waals surface area contributed by atoms with E-state index in [4.69, 9.17) is 18.9 Å². The van der Waals surface area contributed by atoms with Gasteiger partial charge >= 0.3 is 11.9 Å². The van der Waals surface area contributed by atoms with Crippen LogP contribution in [-0.4, -0.2) is 46.3 Å². The van der Waals surface area contributed by atoms with Crippen molar-refractivity contribution in [3.8, 4) is 11.5 Å². The summed E-state index contributed by atoms with van der Waals surface area (Å²) >= 11 is 0. The van der Waals surface area contributed by atoms with Crippen LogP contribution in [0.2, 0.25) is 0 Å². The van der Waals surface area contributed by atoms with Gasteiger partial charge in [0.2, 0.25) is 5.91 Å². The van der Waals surface area contributed by atoms with Crippen molar-refractivity contribution >= 4 is 23.5 Å². The molecule has 0 saturated heterocycles. The normalized spacial score (nSPS) is 11.2. The Morgan fingerprint density at radius 2 is 1.60 bits per heavy atom. The van der Waals surface area contributed by atoms with Gasteiger partial charge in [0.05, 0.1) is 45.3 Å². The number of hydrogen-bond acceptors (Lipinski definition) is 7. The first-order valence-corrected chi connectivity index (χ1v) is 9.17. The smallest absolute Gasteiger partial charge is 0.339 e. The molecule has 2 rings (SSSR count). The third-order valence-corrected chi connectivity index (χ3v) is 4.58. The molecular weight excluding hydrogens is 390 g/mol. The molecule has 8 heteroatoms. The number of carbonyl (C=O) groups excluding carboxylic acids is 3. The predicted octanol–water partition coefficient (Wildman–Crippen LogP) is 3.41. The first kappa shape index (κ1) is 22.7. The van der Waals surface area contributed by atoms with E-state index in [-0.39, 0.29) is 35.1 Å². The number of amides is 1. The fourth-order valence-electron chi connectivity index (χ4n) is 3.00. The Hall–Kier alpha value is -3.55. The maximum absolute atomic E-state index is 12.7. The Morgan fingerprint density at radius 3 is 2.20 bits per heavy atom. The Labute approximate surface area is 175 Å². The summed E-state index contributed by atoms with van der Waals surface area (Å²) in [5.74, 6) is -0.485. The second-order valence-electron chi connectivity index (χ2n) is 6.50. The van der Waals surface area contributed by atoms with Crippen LogP contribution in [0.25, 0.3) is 0 Å². The summed E-state index contributed by atoms with van der Waals surface area (Å²) in [4.78, 5) is 36.5. The maximum atomic E-state index is 12.7. The SMILES string of the molecule is COC(=O)c1ccc(C(=O)OC)c(NC(=O)CC(C)c2ccc(OC)cc2OC)c1. The van der Waals surface area contributed by atoms with Crippen LogP contribution in [0.5, 0.6) is 11.5 Å². The summed E-state index contributed by atoms with van der Waals surface area (Å²) in [5.41, 5.74) is 1.34. The summed E-state index contributed by atoms with van der Waals surface area (Å²) in [5, 5.41) is 2.69. The van der Waals surface area contributed by atoms with Crippen LogP contribution < -0.4 is 14.8 Å². The number of hydrogen-bond donors (Lipinski definition) is 1. The summed E-state index contributed by atoms with van der Waals surface area (Å²) < 4.78 is 20.1. The molecule has 0 fully saturated rings. The van der Waals surface area contributed by atoms with E-state index in [2.05, 4.69) is 5.32 Å². The quantitative estimate of drug-likeness (QED) is 0.660. The van der Waals surface area contributed by atoms with E-state index in [0.29, 0.717) is 11.5 Å². The zero-order valence-corrected chi connectivity index (χ0v) is 17.6. The van der Waals surface area contributed by atoms with Gasteiger partial charge in [-0.1, -0.05) is 13.0 Å². The highest BCUT2D eigenvalue weighted by molar-refractivity contribution is 6.03. The van der Waals surface area contributed by atoms with E-state index >= 15 is 0 Å². The van der Waals surface area contributed by atoms with Crippen molar-refractivity contribution in [3.63, 3.8) is 0 Å². The molecule has 0 aromatic heterocycles. The molecule has 1 N–H and O–H groups in total. The Balaban J connectivity index is 2.24. The second kappa shape index (κ2) is 10.3. The van der Waals surface area contributed by atoms with Crippen molar-refractivity contribution in [3.05, 3.63) is 53.1 Å². The Kier molecular flexibility index (Phi) is 7.80. The number of ether oxygens (including phenoxy) is 4. The predicted molar refractivity (Wildman–Crippen MR) is 110 cm³/mol.